The van der Waals surface area contributed by atoms with E-state index in [0.717, 1.165) is 13.0 Å². The molecular formula is C9H16ClNO2. The van der Waals surface area contributed by atoms with E-state index in [0.29, 0.717) is 12.0 Å². The highest BCUT2D eigenvalue weighted by Crippen LogP contribution is 2.25. The zero-order valence-electron chi connectivity index (χ0n) is 8.29. The fraction of sp³-hybridized carbons (Fsp3) is 0.889. The van der Waals surface area contributed by atoms with Gasteiger partial charge in [-0.2, -0.15) is 0 Å². The fourth-order valence-corrected chi connectivity index (χ4v) is 1.91. The lowest BCUT2D eigenvalue weighted by Crippen LogP contribution is -2.47. The van der Waals surface area contributed by atoms with Crippen LogP contribution < -0.4 is 0 Å². The summed E-state index contributed by atoms with van der Waals surface area (Å²) in [5.41, 5.74) is -0.686. The van der Waals surface area contributed by atoms with Crippen LogP contribution in [0.1, 0.15) is 20.3 Å². The summed E-state index contributed by atoms with van der Waals surface area (Å²) in [5, 5.41) is 0. The average molecular weight is 206 g/mol. The van der Waals surface area contributed by atoms with E-state index in [2.05, 4.69) is 25.8 Å². The lowest BCUT2D eigenvalue weighted by molar-refractivity contribution is 0.00446. The first-order chi connectivity index (χ1) is 6.02. The van der Waals surface area contributed by atoms with Crippen molar-refractivity contribution in [2.24, 2.45) is 5.92 Å². The van der Waals surface area contributed by atoms with Gasteiger partial charge < -0.3 is 9.64 Å². The molecular weight excluding hydrogens is 190 g/mol. The van der Waals surface area contributed by atoms with Crippen molar-refractivity contribution in [1.82, 2.24) is 4.90 Å². The number of carbonyl (C=O) groups is 1. The van der Waals surface area contributed by atoms with Crippen LogP contribution in [0.3, 0.4) is 0 Å². The highest BCUT2D eigenvalue weighted by atomic mass is 35.5. The third kappa shape index (κ3) is 2.58. The Balaban J connectivity index is 2.53. The molecule has 4 heteroatoms. The molecule has 3 unspecified atom stereocenters. The van der Waals surface area contributed by atoms with Gasteiger partial charge in [-0.3, -0.25) is 0 Å². The molecule has 13 heavy (non-hydrogen) atoms. The Morgan fingerprint density at radius 3 is 2.69 bits per heavy atom. The monoisotopic (exact) mass is 205 g/mol. The van der Waals surface area contributed by atoms with Crippen LogP contribution in [0, 0.1) is 5.92 Å². The van der Waals surface area contributed by atoms with Gasteiger partial charge in [0.25, 0.3) is 0 Å². The number of nitrogens with zero attached hydrogens (tertiary/aromatic N) is 1. The summed E-state index contributed by atoms with van der Waals surface area (Å²) >= 11 is 5.19. The normalized spacial score (nSPS) is 35.8. The first kappa shape index (κ1) is 10.8. The van der Waals surface area contributed by atoms with Gasteiger partial charge in [0.15, 0.2) is 0 Å². The summed E-state index contributed by atoms with van der Waals surface area (Å²) in [6.07, 6.45) is 0.858. The van der Waals surface area contributed by atoms with Gasteiger partial charge in [-0.1, -0.05) is 6.92 Å². The molecule has 1 saturated heterocycles. The molecule has 1 aliphatic rings. The zero-order valence-corrected chi connectivity index (χ0v) is 9.04. The van der Waals surface area contributed by atoms with E-state index in [1.54, 1.807) is 0 Å². The molecule has 0 amide bonds. The second kappa shape index (κ2) is 4.29. The minimum absolute atomic E-state index is 0.0174. The third-order valence-electron chi connectivity index (χ3n) is 3.05. The topological polar surface area (TPSA) is 29.5 Å². The van der Waals surface area contributed by atoms with Gasteiger partial charge in [0, 0.05) is 30.1 Å². The molecule has 1 heterocycles. The second-order valence-corrected chi connectivity index (χ2v) is 4.07. The van der Waals surface area contributed by atoms with E-state index in [4.69, 9.17) is 16.3 Å². The van der Waals surface area contributed by atoms with Crippen LogP contribution in [-0.2, 0) is 4.74 Å². The summed E-state index contributed by atoms with van der Waals surface area (Å²) in [7, 11) is 2.08. The van der Waals surface area contributed by atoms with Crippen molar-refractivity contribution in [1.29, 1.82) is 0 Å². The minimum Gasteiger partial charge on any atom is -0.450 e. The van der Waals surface area contributed by atoms with E-state index in [-0.39, 0.29) is 6.10 Å². The Kier molecular flexibility index (Phi) is 3.56. The van der Waals surface area contributed by atoms with Crippen LogP contribution in [0.4, 0.5) is 4.79 Å². The maximum atomic E-state index is 10.6. The van der Waals surface area contributed by atoms with Crippen molar-refractivity contribution in [3.8, 4) is 0 Å². The maximum Gasteiger partial charge on any atom is 0.404 e. The molecule has 0 N–H and O–H groups in total. The van der Waals surface area contributed by atoms with Crippen LogP contribution in [0.25, 0.3) is 0 Å². The van der Waals surface area contributed by atoms with Crippen molar-refractivity contribution in [2.45, 2.75) is 32.4 Å². The fourth-order valence-electron chi connectivity index (χ4n) is 1.79. The Morgan fingerprint density at radius 2 is 2.15 bits per heavy atom. The first-order valence-corrected chi connectivity index (χ1v) is 4.96. The van der Waals surface area contributed by atoms with Crippen LogP contribution in [0.5, 0.6) is 0 Å². The number of ether oxygens (including phenoxy) is 1. The highest BCUT2D eigenvalue weighted by molar-refractivity contribution is 6.61. The average Bonchev–Trinajstić information content (AvgIpc) is 2.06. The summed E-state index contributed by atoms with van der Waals surface area (Å²) in [6.45, 7) is 5.18. The molecule has 0 aliphatic carbocycles. The Hall–Kier alpha value is -0.280. The molecule has 1 rings (SSSR count). The number of rotatable bonds is 1. The van der Waals surface area contributed by atoms with Gasteiger partial charge in [0.1, 0.15) is 6.10 Å². The predicted octanol–water partition coefficient (Wildman–Crippen LogP) is 2.09. The highest BCUT2D eigenvalue weighted by Gasteiger charge is 2.32. The van der Waals surface area contributed by atoms with Crippen molar-refractivity contribution in [3.05, 3.63) is 0 Å². The minimum atomic E-state index is -0.686. The molecule has 0 aromatic heterocycles. The number of carbonyl (C=O) groups excluding carboxylic acids is 1. The Bertz CT molecular complexity index is 198. The van der Waals surface area contributed by atoms with Crippen molar-refractivity contribution >= 4 is 17.0 Å². The molecule has 3 atom stereocenters. The maximum absolute atomic E-state index is 10.6. The number of hydrogen-bond acceptors (Lipinski definition) is 3. The summed E-state index contributed by atoms with van der Waals surface area (Å²) < 4.78 is 5.02. The number of piperidine rings is 1. The summed E-state index contributed by atoms with van der Waals surface area (Å²) in [4.78, 5) is 12.8. The van der Waals surface area contributed by atoms with Gasteiger partial charge in [0.05, 0.1) is 0 Å². The molecule has 76 valence electrons. The quantitative estimate of drug-likeness (QED) is 0.614. The van der Waals surface area contributed by atoms with Crippen LogP contribution in [-0.4, -0.2) is 36.1 Å². The Morgan fingerprint density at radius 1 is 1.54 bits per heavy atom. The molecule has 0 spiro atoms. The van der Waals surface area contributed by atoms with Gasteiger partial charge in [-0.15, -0.1) is 0 Å². The molecule has 3 nitrogen and oxygen atoms in total. The molecule has 0 bridgehead atoms. The van der Waals surface area contributed by atoms with E-state index >= 15 is 0 Å². The van der Waals surface area contributed by atoms with Crippen molar-refractivity contribution in [2.75, 3.05) is 13.6 Å². The molecule has 0 aromatic rings. The predicted molar refractivity (Wildman–Crippen MR) is 52.0 cm³/mol. The molecule has 1 aliphatic heterocycles. The largest absolute Gasteiger partial charge is 0.450 e. The van der Waals surface area contributed by atoms with Crippen molar-refractivity contribution < 1.29 is 9.53 Å². The number of hydrogen-bond donors (Lipinski definition) is 0. The van der Waals surface area contributed by atoms with Crippen molar-refractivity contribution in [3.63, 3.8) is 0 Å². The Labute approximate surface area is 84.0 Å². The van der Waals surface area contributed by atoms with E-state index in [1.165, 1.54) is 0 Å². The van der Waals surface area contributed by atoms with Gasteiger partial charge in [0.2, 0.25) is 0 Å². The van der Waals surface area contributed by atoms with Gasteiger partial charge >= 0.3 is 5.43 Å². The van der Waals surface area contributed by atoms with E-state index < -0.39 is 5.43 Å². The van der Waals surface area contributed by atoms with Gasteiger partial charge in [-0.05, 0) is 20.4 Å². The van der Waals surface area contributed by atoms with Crippen LogP contribution >= 0.6 is 11.6 Å². The lowest BCUT2D eigenvalue weighted by atomic mass is 9.89. The molecule has 1 fully saturated rings. The van der Waals surface area contributed by atoms with E-state index in [1.807, 2.05) is 0 Å². The molecule has 0 saturated carbocycles. The summed E-state index contributed by atoms with van der Waals surface area (Å²) in [5.74, 6) is 0.349. The third-order valence-corrected chi connectivity index (χ3v) is 3.14. The number of likely N-dealkylation sites (tertiary alicyclic amines) is 1. The zero-order chi connectivity index (χ0) is 10.0. The second-order valence-electron chi connectivity index (χ2n) is 3.76. The van der Waals surface area contributed by atoms with E-state index in [9.17, 15) is 4.79 Å². The summed E-state index contributed by atoms with van der Waals surface area (Å²) in [6, 6.07) is 0.440. The lowest BCUT2D eigenvalue weighted by Gasteiger charge is -2.39. The number of halogens is 1. The smallest absolute Gasteiger partial charge is 0.404 e. The van der Waals surface area contributed by atoms with Gasteiger partial charge in [-0.25, -0.2) is 4.79 Å². The SMILES string of the molecule is CC1C(OC(=O)Cl)CCN(C)C1C. The first-order valence-electron chi connectivity index (χ1n) is 4.58. The standard InChI is InChI=1S/C9H16ClNO2/c1-6-7(2)11(3)5-4-8(6)13-9(10)12/h6-8H,4-5H2,1-3H3. The van der Waals surface area contributed by atoms with Crippen LogP contribution in [0.15, 0.2) is 0 Å². The van der Waals surface area contributed by atoms with Crippen LogP contribution in [0.2, 0.25) is 0 Å². The molecule has 0 aromatic carbocycles. The molecule has 0 radical (unpaired) electrons.